The third-order valence-corrected chi connectivity index (χ3v) is 4.13. The zero-order valence-electron chi connectivity index (χ0n) is 12.8. The number of carbonyl (C=O) groups is 1. The monoisotopic (exact) mass is 269 g/mol. The molecule has 19 heavy (non-hydrogen) atoms. The molecule has 0 amide bonds. The number of unbranched alkanes of at least 4 members (excludes halogenated alkanes) is 7. The van der Waals surface area contributed by atoms with Gasteiger partial charge in [0, 0.05) is 6.54 Å². The van der Waals surface area contributed by atoms with Crippen LogP contribution < -0.4 is 0 Å². The van der Waals surface area contributed by atoms with E-state index in [0.29, 0.717) is 0 Å². The van der Waals surface area contributed by atoms with Crippen molar-refractivity contribution in [3.8, 4) is 0 Å². The van der Waals surface area contributed by atoms with Crippen LogP contribution in [-0.2, 0) is 9.53 Å². The molecule has 1 aliphatic rings. The van der Waals surface area contributed by atoms with Crippen LogP contribution in [0.2, 0.25) is 0 Å². The number of ether oxygens (including phenoxy) is 1. The summed E-state index contributed by atoms with van der Waals surface area (Å²) in [6.07, 6.45) is 11.9. The van der Waals surface area contributed by atoms with Gasteiger partial charge in [0.15, 0.2) is 0 Å². The van der Waals surface area contributed by atoms with Crippen molar-refractivity contribution in [2.45, 2.75) is 64.7 Å². The highest BCUT2D eigenvalue weighted by atomic mass is 16.5. The average molecular weight is 269 g/mol. The molecule has 1 rings (SSSR count). The predicted octanol–water partition coefficient (Wildman–Crippen LogP) is 3.62. The van der Waals surface area contributed by atoms with E-state index in [9.17, 15) is 4.79 Å². The van der Waals surface area contributed by atoms with E-state index in [4.69, 9.17) is 4.74 Å². The lowest BCUT2D eigenvalue weighted by molar-refractivity contribution is -0.144. The van der Waals surface area contributed by atoms with Crippen molar-refractivity contribution in [2.75, 3.05) is 26.7 Å². The molecular weight excluding hydrogens is 238 g/mol. The summed E-state index contributed by atoms with van der Waals surface area (Å²) >= 11 is 0. The van der Waals surface area contributed by atoms with Crippen molar-refractivity contribution in [1.82, 2.24) is 4.90 Å². The lowest BCUT2D eigenvalue weighted by Gasteiger charge is -2.15. The largest absolute Gasteiger partial charge is 0.469 e. The SMILES string of the molecule is CCCCCCCCCCN1CCC(C(=O)OC)C1. The first-order chi connectivity index (χ1) is 9.27. The Kier molecular flexibility index (Phi) is 8.89. The Morgan fingerprint density at radius 1 is 1.11 bits per heavy atom. The molecule has 1 aliphatic heterocycles. The van der Waals surface area contributed by atoms with Gasteiger partial charge in [-0.2, -0.15) is 0 Å². The average Bonchev–Trinajstić information content (AvgIpc) is 2.89. The second-order valence-electron chi connectivity index (χ2n) is 5.78. The van der Waals surface area contributed by atoms with Crippen molar-refractivity contribution in [2.24, 2.45) is 5.92 Å². The van der Waals surface area contributed by atoms with Crippen LogP contribution in [0.4, 0.5) is 0 Å². The summed E-state index contributed by atoms with van der Waals surface area (Å²) in [5.41, 5.74) is 0. The molecule has 0 N–H and O–H groups in total. The number of nitrogens with zero attached hydrogens (tertiary/aromatic N) is 1. The fourth-order valence-corrected chi connectivity index (χ4v) is 2.86. The molecule has 3 heteroatoms. The highest BCUT2D eigenvalue weighted by Gasteiger charge is 2.28. The van der Waals surface area contributed by atoms with Crippen molar-refractivity contribution < 1.29 is 9.53 Å². The van der Waals surface area contributed by atoms with Crippen LogP contribution in [0.1, 0.15) is 64.7 Å². The summed E-state index contributed by atoms with van der Waals surface area (Å²) in [5, 5.41) is 0. The van der Waals surface area contributed by atoms with Crippen LogP contribution in [0.15, 0.2) is 0 Å². The van der Waals surface area contributed by atoms with E-state index < -0.39 is 0 Å². The fourth-order valence-electron chi connectivity index (χ4n) is 2.86. The second kappa shape index (κ2) is 10.2. The van der Waals surface area contributed by atoms with E-state index in [0.717, 1.165) is 26.1 Å². The van der Waals surface area contributed by atoms with Crippen molar-refractivity contribution in [1.29, 1.82) is 0 Å². The third-order valence-electron chi connectivity index (χ3n) is 4.13. The van der Waals surface area contributed by atoms with Gasteiger partial charge in [0.05, 0.1) is 13.0 Å². The quantitative estimate of drug-likeness (QED) is 0.448. The Balaban J connectivity index is 1.92. The van der Waals surface area contributed by atoms with Crippen LogP contribution in [0.3, 0.4) is 0 Å². The summed E-state index contributed by atoms with van der Waals surface area (Å²) in [5.74, 6) is 0.0949. The van der Waals surface area contributed by atoms with E-state index >= 15 is 0 Å². The maximum absolute atomic E-state index is 11.4. The van der Waals surface area contributed by atoms with Gasteiger partial charge in [0.1, 0.15) is 0 Å². The van der Waals surface area contributed by atoms with Crippen LogP contribution in [0.25, 0.3) is 0 Å². The topological polar surface area (TPSA) is 29.5 Å². The molecule has 0 radical (unpaired) electrons. The highest BCUT2D eigenvalue weighted by molar-refractivity contribution is 5.72. The molecule has 0 aromatic carbocycles. The first-order valence-corrected chi connectivity index (χ1v) is 8.08. The summed E-state index contributed by atoms with van der Waals surface area (Å²) in [6.45, 7) is 5.39. The van der Waals surface area contributed by atoms with Gasteiger partial charge < -0.3 is 9.64 Å². The van der Waals surface area contributed by atoms with E-state index in [2.05, 4.69) is 11.8 Å². The fraction of sp³-hybridized carbons (Fsp3) is 0.938. The minimum absolute atomic E-state index is 0.0292. The molecule has 1 atom stereocenters. The Hall–Kier alpha value is -0.570. The Labute approximate surface area is 118 Å². The molecule has 0 aromatic rings. The Morgan fingerprint density at radius 3 is 2.37 bits per heavy atom. The van der Waals surface area contributed by atoms with Gasteiger partial charge in [-0.15, -0.1) is 0 Å². The number of esters is 1. The van der Waals surface area contributed by atoms with Crippen LogP contribution in [-0.4, -0.2) is 37.6 Å². The number of methoxy groups -OCH3 is 1. The zero-order chi connectivity index (χ0) is 13.9. The molecule has 1 unspecified atom stereocenters. The number of hydrogen-bond acceptors (Lipinski definition) is 3. The van der Waals surface area contributed by atoms with Crippen molar-refractivity contribution in [3.05, 3.63) is 0 Å². The standard InChI is InChI=1S/C16H31NO2/c1-3-4-5-6-7-8-9-10-12-17-13-11-15(14-17)16(18)19-2/h15H,3-14H2,1-2H3. The smallest absolute Gasteiger partial charge is 0.310 e. The maximum Gasteiger partial charge on any atom is 0.310 e. The van der Waals surface area contributed by atoms with Gasteiger partial charge in [-0.25, -0.2) is 0 Å². The first-order valence-electron chi connectivity index (χ1n) is 8.08. The van der Waals surface area contributed by atoms with Gasteiger partial charge in [-0.1, -0.05) is 51.9 Å². The summed E-state index contributed by atoms with van der Waals surface area (Å²) in [6, 6.07) is 0. The number of likely N-dealkylation sites (tertiary alicyclic amines) is 1. The zero-order valence-corrected chi connectivity index (χ0v) is 12.8. The van der Waals surface area contributed by atoms with E-state index in [1.165, 1.54) is 58.5 Å². The van der Waals surface area contributed by atoms with Gasteiger partial charge in [-0.3, -0.25) is 4.79 Å². The number of carbonyl (C=O) groups excluding carboxylic acids is 1. The van der Waals surface area contributed by atoms with Gasteiger partial charge in [-0.05, 0) is 25.9 Å². The van der Waals surface area contributed by atoms with Gasteiger partial charge in [0.25, 0.3) is 0 Å². The minimum Gasteiger partial charge on any atom is -0.469 e. The summed E-state index contributed by atoms with van der Waals surface area (Å²) in [4.78, 5) is 13.8. The maximum atomic E-state index is 11.4. The van der Waals surface area contributed by atoms with Crippen LogP contribution in [0, 0.1) is 5.92 Å². The molecular formula is C16H31NO2. The lowest BCUT2D eigenvalue weighted by atomic mass is 10.1. The molecule has 1 fully saturated rings. The molecule has 0 spiro atoms. The van der Waals surface area contributed by atoms with Crippen molar-refractivity contribution >= 4 is 5.97 Å². The molecule has 3 nitrogen and oxygen atoms in total. The van der Waals surface area contributed by atoms with E-state index in [1.807, 2.05) is 0 Å². The number of hydrogen-bond donors (Lipinski definition) is 0. The van der Waals surface area contributed by atoms with Gasteiger partial charge in [0.2, 0.25) is 0 Å². The van der Waals surface area contributed by atoms with Crippen molar-refractivity contribution in [3.63, 3.8) is 0 Å². The van der Waals surface area contributed by atoms with Crippen LogP contribution >= 0.6 is 0 Å². The molecule has 1 saturated heterocycles. The minimum atomic E-state index is -0.0292. The Morgan fingerprint density at radius 2 is 1.74 bits per heavy atom. The highest BCUT2D eigenvalue weighted by Crippen LogP contribution is 2.18. The number of rotatable bonds is 10. The lowest BCUT2D eigenvalue weighted by Crippen LogP contribution is -2.24. The molecule has 0 aromatic heterocycles. The van der Waals surface area contributed by atoms with Gasteiger partial charge >= 0.3 is 5.97 Å². The first kappa shape index (κ1) is 16.5. The Bertz CT molecular complexity index is 243. The summed E-state index contributed by atoms with van der Waals surface area (Å²) < 4.78 is 4.81. The third kappa shape index (κ3) is 6.95. The normalized spacial score (nSPS) is 19.8. The molecule has 112 valence electrons. The second-order valence-corrected chi connectivity index (χ2v) is 5.78. The van der Waals surface area contributed by atoms with E-state index in [1.54, 1.807) is 0 Å². The molecule has 0 aliphatic carbocycles. The molecule has 0 bridgehead atoms. The van der Waals surface area contributed by atoms with Crippen LogP contribution in [0.5, 0.6) is 0 Å². The summed E-state index contributed by atoms with van der Waals surface area (Å²) in [7, 11) is 1.49. The van der Waals surface area contributed by atoms with E-state index in [-0.39, 0.29) is 11.9 Å². The molecule has 1 heterocycles. The molecule has 0 saturated carbocycles. The predicted molar refractivity (Wildman–Crippen MR) is 79.2 cm³/mol.